The molecule has 0 aliphatic carbocycles. The van der Waals surface area contributed by atoms with Gasteiger partial charge in [0.2, 0.25) is 0 Å². The van der Waals surface area contributed by atoms with Gasteiger partial charge in [-0.05, 0) is 35.9 Å². The minimum absolute atomic E-state index is 0.0132. The van der Waals surface area contributed by atoms with E-state index < -0.39 is 0 Å². The lowest BCUT2D eigenvalue weighted by Crippen LogP contribution is -2.32. The molecule has 2 heterocycles. The number of rotatable bonds is 4. The van der Waals surface area contributed by atoms with Crippen molar-refractivity contribution in [1.82, 2.24) is 4.98 Å². The van der Waals surface area contributed by atoms with Crippen LogP contribution in [0.3, 0.4) is 0 Å². The van der Waals surface area contributed by atoms with Crippen molar-refractivity contribution < 1.29 is 14.6 Å². The van der Waals surface area contributed by atoms with Crippen LogP contribution in [0.15, 0.2) is 71.4 Å². The highest BCUT2D eigenvalue weighted by molar-refractivity contribution is 7.22. The predicted molar refractivity (Wildman–Crippen MR) is 133 cm³/mol. The first kappa shape index (κ1) is 21.5. The molecule has 33 heavy (non-hydrogen) atoms. The number of fused-ring (bicyclic) bond motifs is 1. The standard InChI is InChI=1S/C24H15Cl2N3O3S/c1-32-20-10-13(7-8-19(20)30)9-18-23(31)29(22(27-18)14-5-3-2-4-6-14)24-28-17-11-15(25)16(26)12-21(17)33-24/h2-12,30H,1H3. The topological polar surface area (TPSA) is 75.0 Å². The highest BCUT2D eigenvalue weighted by atomic mass is 35.5. The van der Waals surface area contributed by atoms with Gasteiger partial charge in [0, 0.05) is 5.56 Å². The van der Waals surface area contributed by atoms with E-state index in [0.29, 0.717) is 37.8 Å². The highest BCUT2D eigenvalue weighted by Crippen LogP contribution is 2.37. The third-order valence-electron chi connectivity index (χ3n) is 5.01. The SMILES string of the molecule is COc1cc(C=C2N=C(c3ccccc3)N(c3nc4cc(Cl)c(Cl)cc4s3)C2=O)ccc1O. The maximum atomic E-state index is 13.5. The van der Waals surface area contributed by atoms with Crippen LogP contribution in [0.5, 0.6) is 11.5 Å². The number of halogens is 2. The van der Waals surface area contributed by atoms with Gasteiger partial charge in [-0.3, -0.25) is 4.79 Å². The minimum Gasteiger partial charge on any atom is -0.504 e. The molecule has 0 unspecified atom stereocenters. The van der Waals surface area contributed by atoms with Crippen LogP contribution < -0.4 is 9.64 Å². The number of methoxy groups -OCH3 is 1. The molecule has 0 saturated heterocycles. The lowest BCUT2D eigenvalue weighted by atomic mass is 10.1. The molecule has 6 nitrogen and oxygen atoms in total. The molecule has 1 N–H and O–H groups in total. The number of aromatic hydroxyl groups is 1. The van der Waals surface area contributed by atoms with E-state index in [1.807, 2.05) is 30.3 Å². The van der Waals surface area contributed by atoms with Gasteiger partial charge in [-0.15, -0.1) is 0 Å². The minimum atomic E-state index is -0.322. The Balaban J connectivity index is 1.63. The van der Waals surface area contributed by atoms with Gasteiger partial charge in [0.1, 0.15) is 11.5 Å². The van der Waals surface area contributed by atoms with Crippen LogP contribution >= 0.6 is 34.5 Å². The van der Waals surface area contributed by atoms with Gasteiger partial charge in [0.05, 0.1) is 27.4 Å². The number of nitrogens with zero attached hydrogens (tertiary/aromatic N) is 3. The normalized spacial score (nSPS) is 14.9. The smallest absolute Gasteiger partial charge is 0.284 e. The van der Waals surface area contributed by atoms with Gasteiger partial charge in [0.15, 0.2) is 16.6 Å². The predicted octanol–water partition coefficient (Wildman–Crippen LogP) is 6.15. The summed E-state index contributed by atoms with van der Waals surface area (Å²) in [7, 11) is 1.46. The quantitative estimate of drug-likeness (QED) is 0.344. The summed E-state index contributed by atoms with van der Waals surface area (Å²) in [5, 5.41) is 11.1. The summed E-state index contributed by atoms with van der Waals surface area (Å²) < 4.78 is 5.98. The highest BCUT2D eigenvalue weighted by Gasteiger charge is 2.34. The van der Waals surface area contributed by atoms with Crippen molar-refractivity contribution in [3.05, 3.63) is 87.5 Å². The van der Waals surface area contributed by atoms with E-state index in [-0.39, 0.29) is 17.4 Å². The summed E-state index contributed by atoms with van der Waals surface area (Å²) in [5.41, 5.74) is 2.31. The van der Waals surface area contributed by atoms with Crippen LogP contribution in [0, 0.1) is 0 Å². The molecule has 4 aromatic rings. The lowest BCUT2D eigenvalue weighted by molar-refractivity contribution is -0.113. The van der Waals surface area contributed by atoms with E-state index in [4.69, 9.17) is 27.9 Å². The van der Waals surface area contributed by atoms with E-state index in [9.17, 15) is 9.90 Å². The van der Waals surface area contributed by atoms with Gasteiger partial charge in [-0.2, -0.15) is 0 Å². The number of anilines is 1. The molecular formula is C24H15Cl2N3O3S. The fourth-order valence-corrected chi connectivity index (χ4v) is 4.80. The van der Waals surface area contributed by atoms with Crippen LogP contribution in [0.1, 0.15) is 11.1 Å². The first-order chi connectivity index (χ1) is 15.9. The monoisotopic (exact) mass is 495 g/mol. The summed E-state index contributed by atoms with van der Waals surface area (Å²) in [6.07, 6.45) is 1.65. The third-order valence-corrected chi connectivity index (χ3v) is 6.74. The Labute approximate surface area is 203 Å². The maximum Gasteiger partial charge on any atom is 0.284 e. The number of hydrogen-bond acceptors (Lipinski definition) is 6. The molecule has 0 fully saturated rings. The number of amidine groups is 1. The Kier molecular flexibility index (Phi) is 5.54. The Bertz CT molecular complexity index is 1430. The maximum absolute atomic E-state index is 13.5. The molecular weight excluding hydrogens is 481 g/mol. The van der Waals surface area contributed by atoms with Gasteiger partial charge in [0.25, 0.3) is 5.91 Å². The fraction of sp³-hybridized carbons (Fsp3) is 0.0417. The van der Waals surface area contributed by atoms with Crippen molar-refractivity contribution >= 4 is 67.7 Å². The summed E-state index contributed by atoms with van der Waals surface area (Å²) in [6.45, 7) is 0. The molecule has 5 rings (SSSR count). The van der Waals surface area contributed by atoms with Crippen LogP contribution in [0.25, 0.3) is 16.3 Å². The van der Waals surface area contributed by atoms with Crippen molar-refractivity contribution in [3.8, 4) is 11.5 Å². The van der Waals surface area contributed by atoms with Crippen LogP contribution in [0.2, 0.25) is 10.0 Å². The number of amides is 1. The summed E-state index contributed by atoms with van der Waals surface area (Å²) in [4.78, 5) is 24.3. The van der Waals surface area contributed by atoms with E-state index >= 15 is 0 Å². The van der Waals surface area contributed by atoms with Crippen molar-refractivity contribution in [2.45, 2.75) is 0 Å². The van der Waals surface area contributed by atoms with E-state index in [1.54, 1.807) is 30.3 Å². The van der Waals surface area contributed by atoms with Gasteiger partial charge in [-0.25, -0.2) is 14.9 Å². The van der Waals surface area contributed by atoms with E-state index in [2.05, 4.69) is 9.98 Å². The number of aliphatic imine (C=N–C) groups is 1. The molecule has 3 aromatic carbocycles. The number of carbonyl (C=O) groups excluding carboxylic acids is 1. The largest absolute Gasteiger partial charge is 0.504 e. The van der Waals surface area contributed by atoms with Gasteiger partial charge >= 0.3 is 0 Å². The number of benzene rings is 3. The molecule has 0 atom stereocenters. The number of aromatic nitrogens is 1. The van der Waals surface area contributed by atoms with Gasteiger partial charge in [-0.1, -0.05) is 70.9 Å². The number of thiazole rings is 1. The molecule has 0 saturated carbocycles. The molecule has 1 aliphatic rings. The summed E-state index contributed by atoms with van der Waals surface area (Å²) in [5.74, 6) is 0.462. The zero-order valence-electron chi connectivity index (χ0n) is 17.1. The zero-order valence-corrected chi connectivity index (χ0v) is 19.4. The van der Waals surface area contributed by atoms with Crippen LogP contribution in [-0.4, -0.2) is 28.9 Å². The van der Waals surface area contributed by atoms with Gasteiger partial charge < -0.3 is 9.84 Å². The second kappa shape index (κ2) is 8.51. The fourth-order valence-electron chi connectivity index (χ4n) is 3.42. The molecule has 1 amide bonds. The molecule has 164 valence electrons. The Morgan fingerprint density at radius 1 is 1.06 bits per heavy atom. The van der Waals surface area contributed by atoms with Crippen molar-refractivity contribution in [2.75, 3.05) is 12.0 Å². The Hall–Kier alpha value is -3.39. The van der Waals surface area contributed by atoms with Crippen molar-refractivity contribution in [1.29, 1.82) is 0 Å². The van der Waals surface area contributed by atoms with E-state index in [0.717, 1.165) is 10.3 Å². The number of ether oxygens (including phenoxy) is 1. The van der Waals surface area contributed by atoms with E-state index in [1.165, 1.54) is 29.4 Å². The second-order valence-corrected chi connectivity index (χ2v) is 8.96. The van der Waals surface area contributed by atoms with Crippen LogP contribution in [-0.2, 0) is 4.79 Å². The average molecular weight is 496 g/mol. The number of phenolic OH excluding ortho intramolecular Hbond substituents is 1. The Morgan fingerprint density at radius 2 is 1.82 bits per heavy atom. The number of phenols is 1. The number of hydrogen-bond donors (Lipinski definition) is 1. The molecule has 9 heteroatoms. The molecule has 1 aromatic heterocycles. The summed E-state index contributed by atoms with van der Waals surface area (Å²) in [6, 6.07) is 17.7. The first-order valence-electron chi connectivity index (χ1n) is 9.77. The number of carbonyl (C=O) groups is 1. The van der Waals surface area contributed by atoms with Crippen LogP contribution in [0.4, 0.5) is 5.13 Å². The third kappa shape index (κ3) is 3.95. The molecule has 1 aliphatic heterocycles. The van der Waals surface area contributed by atoms with Crippen molar-refractivity contribution in [3.63, 3.8) is 0 Å². The lowest BCUT2D eigenvalue weighted by Gasteiger charge is -2.14. The molecule has 0 bridgehead atoms. The second-order valence-electron chi connectivity index (χ2n) is 7.13. The van der Waals surface area contributed by atoms with Crippen molar-refractivity contribution in [2.24, 2.45) is 4.99 Å². The average Bonchev–Trinajstić information content (AvgIpc) is 3.36. The molecule has 0 spiro atoms. The first-order valence-corrected chi connectivity index (χ1v) is 11.3. The summed E-state index contributed by atoms with van der Waals surface area (Å²) >= 11 is 13.6. The molecule has 0 radical (unpaired) electrons. The zero-order chi connectivity index (χ0) is 23.1. The Morgan fingerprint density at radius 3 is 2.58 bits per heavy atom.